The number of hydrogen-bond acceptors (Lipinski definition) is 8. The summed E-state index contributed by atoms with van der Waals surface area (Å²) in [6.45, 7) is 9.16. The van der Waals surface area contributed by atoms with Gasteiger partial charge in [-0.2, -0.15) is 0 Å². The number of ether oxygens (including phenoxy) is 6. The van der Waals surface area contributed by atoms with Gasteiger partial charge in [-0.25, -0.2) is 4.98 Å². The predicted octanol–water partition coefficient (Wildman–Crippen LogP) is 3.97. The summed E-state index contributed by atoms with van der Waals surface area (Å²) in [5, 5.41) is 2.89. The van der Waals surface area contributed by atoms with Crippen molar-refractivity contribution in [2.24, 2.45) is 0 Å². The maximum Gasteiger partial charge on any atom is 0.164 e. The first-order valence-electron chi connectivity index (χ1n) is 10.7. The smallest absolute Gasteiger partial charge is 0.164 e. The molecule has 8 heteroatoms. The van der Waals surface area contributed by atoms with Crippen LogP contribution in [0.25, 0.3) is 0 Å². The number of aromatic nitrogens is 1. The van der Waals surface area contributed by atoms with E-state index in [1.54, 1.807) is 11.3 Å². The molecule has 2 aromatic rings. The van der Waals surface area contributed by atoms with Crippen LogP contribution in [-0.4, -0.2) is 47.6 Å². The van der Waals surface area contributed by atoms with Gasteiger partial charge in [-0.05, 0) is 33.3 Å². The highest BCUT2D eigenvalue weighted by Crippen LogP contribution is 2.48. The van der Waals surface area contributed by atoms with E-state index in [1.165, 1.54) is 0 Å². The summed E-state index contributed by atoms with van der Waals surface area (Å²) in [7, 11) is 0. The zero-order chi connectivity index (χ0) is 21.6. The van der Waals surface area contributed by atoms with Crippen LogP contribution in [0.5, 0.6) is 0 Å². The summed E-state index contributed by atoms with van der Waals surface area (Å²) in [5.41, 5.74) is 2.03. The molecule has 0 saturated carbocycles. The second kappa shape index (κ2) is 8.19. The zero-order valence-corrected chi connectivity index (χ0v) is 19.1. The first kappa shape index (κ1) is 21.5. The van der Waals surface area contributed by atoms with Gasteiger partial charge in [0.2, 0.25) is 0 Å². The molecule has 5 rings (SSSR count). The van der Waals surface area contributed by atoms with Crippen LogP contribution in [0.2, 0.25) is 0 Å². The molecule has 5 atom stereocenters. The Hall–Kier alpha value is -1.39. The summed E-state index contributed by atoms with van der Waals surface area (Å²) >= 11 is 1.56. The highest BCUT2D eigenvalue weighted by Gasteiger charge is 2.59. The molecule has 0 unspecified atom stereocenters. The van der Waals surface area contributed by atoms with Crippen LogP contribution in [-0.2, 0) is 41.6 Å². The second-order valence-corrected chi connectivity index (χ2v) is 10.00. The van der Waals surface area contributed by atoms with E-state index in [2.05, 4.69) is 0 Å². The van der Waals surface area contributed by atoms with Gasteiger partial charge in [-0.3, -0.25) is 0 Å². The highest BCUT2D eigenvalue weighted by atomic mass is 32.1. The van der Waals surface area contributed by atoms with E-state index in [4.69, 9.17) is 33.4 Å². The number of nitrogens with zero attached hydrogens (tertiary/aromatic N) is 1. The van der Waals surface area contributed by atoms with E-state index in [-0.39, 0.29) is 30.5 Å². The van der Waals surface area contributed by atoms with Crippen molar-refractivity contribution in [3.8, 4) is 0 Å². The fraction of sp³-hybridized carbons (Fsp3) is 0.609. The van der Waals surface area contributed by atoms with E-state index in [1.807, 2.05) is 63.4 Å². The minimum Gasteiger partial charge on any atom is -0.370 e. The first-order valence-corrected chi connectivity index (χ1v) is 11.6. The topological polar surface area (TPSA) is 68.3 Å². The van der Waals surface area contributed by atoms with Crippen molar-refractivity contribution < 1.29 is 28.4 Å². The molecule has 0 N–H and O–H groups in total. The van der Waals surface area contributed by atoms with E-state index < -0.39 is 11.6 Å². The van der Waals surface area contributed by atoms with Crippen LogP contribution >= 0.6 is 11.3 Å². The van der Waals surface area contributed by atoms with Gasteiger partial charge < -0.3 is 28.4 Å². The number of rotatable bonds is 6. The maximum absolute atomic E-state index is 6.42. The van der Waals surface area contributed by atoms with Crippen molar-refractivity contribution in [3.63, 3.8) is 0 Å². The molecule has 3 aliphatic heterocycles. The number of benzene rings is 1. The van der Waals surface area contributed by atoms with Crippen molar-refractivity contribution in [2.75, 3.05) is 6.61 Å². The van der Waals surface area contributed by atoms with Crippen molar-refractivity contribution >= 4 is 11.3 Å². The van der Waals surface area contributed by atoms with Gasteiger partial charge in [0.1, 0.15) is 35.5 Å². The van der Waals surface area contributed by atoms with Crippen molar-refractivity contribution in [1.82, 2.24) is 4.98 Å². The lowest BCUT2D eigenvalue weighted by atomic mass is 10.0. The van der Waals surface area contributed by atoms with Gasteiger partial charge in [-0.1, -0.05) is 30.3 Å². The third-order valence-electron chi connectivity index (χ3n) is 5.66. The molecule has 1 aromatic carbocycles. The Bertz CT molecular complexity index is 900. The maximum atomic E-state index is 6.42. The molecule has 0 radical (unpaired) electrons. The molecule has 0 spiro atoms. The van der Waals surface area contributed by atoms with E-state index in [0.29, 0.717) is 19.8 Å². The van der Waals surface area contributed by atoms with Crippen LogP contribution in [0.1, 0.15) is 50.1 Å². The van der Waals surface area contributed by atoms with Crippen LogP contribution in [0.4, 0.5) is 0 Å². The normalized spacial score (nSPS) is 33.6. The molecule has 3 fully saturated rings. The standard InChI is InChI=1S/C23H29NO6S/c1-22(2)26-12-16(28-22)17-18-19(30-23(3,4)29-18)20(27-17)21-24-15(13-31-21)11-25-10-14-8-6-5-7-9-14/h5-9,13,16-20H,10-12H2,1-4H3/t16-,17-,18+,19+,20+/m1/s1. The molecule has 168 valence electrons. The molecule has 4 heterocycles. The van der Waals surface area contributed by atoms with Gasteiger partial charge in [0.25, 0.3) is 0 Å². The second-order valence-electron chi connectivity index (χ2n) is 9.11. The van der Waals surface area contributed by atoms with Gasteiger partial charge >= 0.3 is 0 Å². The monoisotopic (exact) mass is 447 g/mol. The lowest BCUT2D eigenvalue weighted by molar-refractivity contribution is -0.207. The fourth-order valence-corrected chi connectivity index (χ4v) is 5.24. The minimum atomic E-state index is -0.677. The predicted molar refractivity (Wildman–Crippen MR) is 113 cm³/mol. The quantitative estimate of drug-likeness (QED) is 0.664. The summed E-state index contributed by atoms with van der Waals surface area (Å²) < 4.78 is 36.5. The Morgan fingerprint density at radius 2 is 1.74 bits per heavy atom. The Morgan fingerprint density at radius 3 is 2.48 bits per heavy atom. The molecule has 3 aliphatic rings. The number of hydrogen-bond donors (Lipinski definition) is 0. The molecule has 7 nitrogen and oxygen atoms in total. The van der Waals surface area contributed by atoms with Gasteiger partial charge in [0.15, 0.2) is 11.6 Å². The molecule has 31 heavy (non-hydrogen) atoms. The van der Waals surface area contributed by atoms with Crippen LogP contribution in [0.3, 0.4) is 0 Å². The molecular formula is C23H29NO6S. The van der Waals surface area contributed by atoms with Gasteiger partial charge in [0, 0.05) is 5.38 Å². The third kappa shape index (κ3) is 4.57. The molecule has 0 amide bonds. The lowest BCUT2D eigenvalue weighted by Crippen LogP contribution is -2.40. The lowest BCUT2D eigenvalue weighted by Gasteiger charge is -2.26. The third-order valence-corrected chi connectivity index (χ3v) is 6.62. The largest absolute Gasteiger partial charge is 0.370 e. The summed E-state index contributed by atoms with van der Waals surface area (Å²) in [4.78, 5) is 4.78. The summed E-state index contributed by atoms with van der Waals surface area (Å²) in [6.07, 6.45) is -1.27. The SMILES string of the molecule is CC1(C)O[C@@H]2[C@H](O1)[C@@H](c1nc(COCc3ccccc3)cs1)O[C@@H]2[C@H]1COC(C)(C)O1. The summed E-state index contributed by atoms with van der Waals surface area (Å²) in [6, 6.07) is 10.1. The minimum absolute atomic E-state index is 0.210. The van der Waals surface area contributed by atoms with E-state index in [0.717, 1.165) is 16.3 Å². The zero-order valence-electron chi connectivity index (χ0n) is 18.3. The van der Waals surface area contributed by atoms with E-state index in [9.17, 15) is 0 Å². The Kier molecular flexibility index (Phi) is 5.67. The van der Waals surface area contributed by atoms with Gasteiger partial charge in [-0.15, -0.1) is 11.3 Å². The molecular weight excluding hydrogens is 418 g/mol. The molecule has 1 aromatic heterocycles. The van der Waals surface area contributed by atoms with Crippen LogP contribution in [0.15, 0.2) is 35.7 Å². The average molecular weight is 448 g/mol. The van der Waals surface area contributed by atoms with Crippen molar-refractivity contribution in [1.29, 1.82) is 0 Å². The Morgan fingerprint density at radius 1 is 0.968 bits per heavy atom. The molecule has 0 bridgehead atoms. The Balaban J connectivity index is 1.27. The highest BCUT2D eigenvalue weighted by molar-refractivity contribution is 7.09. The van der Waals surface area contributed by atoms with Crippen molar-refractivity contribution in [3.05, 3.63) is 52.0 Å². The number of thiazole rings is 1. The van der Waals surface area contributed by atoms with Gasteiger partial charge in [0.05, 0.1) is 25.5 Å². The average Bonchev–Trinajstić information content (AvgIpc) is 3.46. The van der Waals surface area contributed by atoms with Crippen LogP contribution in [0, 0.1) is 0 Å². The fourth-order valence-electron chi connectivity index (χ4n) is 4.37. The van der Waals surface area contributed by atoms with Crippen molar-refractivity contribution in [2.45, 2.75) is 83.0 Å². The molecule has 0 aliphatic carbocycles. The molecule has 3 saturated heterocycles. The number of fused-ring (bicyclic) bond motifs is 1. The van der Waals surface area contributed by atoms with Crippen LogP contribution < -0.4 is 0 Å². The first-order chi connectivity index (χ1) is 14.8. The van der Waals surface area contributed by atoms with E-state index >= 15 is 0 Å². The Labute approximate surface area is 186 Å². The summed E-state index contributed by atoms with van der Waals surface area (Å²) in [5.74, 6) is -1.30.